The van der Waals surface area contributed by atoms with Crippen molar-refractivity contribution in [3.05, 3.63) is 134 Å². The van der Waals surface area contributed by atoms with Crippen LogP contribution in [0.4, 0.5) is 0 Å². The number of carboxylic acid groups (broad SMARTS) is 1. The van der Waals surface area contributed by atoms with Crippen molar-refractivity contribution >= 4 is 23.9 Å². The van der Waals surface area contributed by atoms with Gasteiger partial charge in [0.25, 0.3) is 0 Å². The molecule has 12 heteroatoms. The first-order valence-electron chi connectivity index (χ1n) is 29.2. The highest BCUT2D eigenvalue weighted by atomic mass is 16.7. The Morgan fingerprint density at radius 2 is 0.844 bits per heavy atom. The lowest BCUT2D eigenvalue weighted by molar-refractivity contribution is -0.301. The number of unbranched alkanes of at least 4 members (excludes halogenated alkanes) is 11. The molecule has 0 spiro atoms. The van der Waals surface area contributed by atoms with E-state index in [9.17, 15) is 34.5 Å². The second-order valence-electron chi connectivity index (χ2n) is 19.2. The molecule has 0 saturated carbocycles. The first-order chi connectivity index (χ1) is 37.6. The molecule has 0 aliphatic carbocycles. The summed E-state index contributed by atoms with van der Waals surface area (Å²) in [6.07, 6.45) is 60.0. The summed E-state index contributed by atoms with van der Waals surface area (Å²) >= 11 is 0. The van der Waals surface area contributed by atoms with E-state index in [1.807, 2.05) is 18.2 Å². The standard InChI is InChI=1S/C65H100O12/c1-4-7-10-13-16-19-22-25-27-28-29-30-32-35-38-41-44-47-50-53-59(68)76-63-61(70)60(69)62(64(71)72)77-65(63)74-55-56(75-58(67)52-49-46-43-40-37-33-24-21-18-15-12-9-6-3)54-73-57(66)51-48-45-42-39-36-34-31-26-23-20-17-14-11-8-5-2/h7-8,10-12,15-17,19-21,24-27,29-31,35,38,44,47,56,60-63,65,69-70H,4-6,9,13-14,18,22-23,28,32-34,36-37,39-43,45-46,48-55H2,1-3H3,(H,71,72)/b10-7-,11-8-,15-12-,19-16-,20-17-,24-21-,27-25-,30-29-,31-26-,38-35-,47-44-. The molecule has 3 N–H and O–H groups in total. The van der Waals surface area contributed by atoms with E-state index in [-0.39, 0.29) is 25.9 Å². The molecule has 0 aromatic rings. The van der Waals surface area contributed by atoms with E-state index < -0.39 is 67.3 Å². The summed E-state index contributed by atoms with van der Waals surface area (Å²) in [6.45, 7) is 5.62. The highest BCUT2D eigenvalue weighted by Gasteiger charge is 2.50. The minimum absolute atomic E-state index is 0.0754. The molecule has 1 rings (SSSR count). The number of esters is 3. The monoisotopic (exact) mass is 1070 g/mol. The van der Waals surface area contributed by atoms with Gasteiger partial charge < -0.3 is 39.0 Å². The van der Waals surface area contributed by atoms with Crippen LogP contribution in [0.25, 0.3) is 0 Å². The summed E-state index contributed by atoms with van der Waals surface area (Å²) < 4.78 is 28.3. The third-order valence-corrected chi connectivity index (χ3v) is 12.2. The summed E-state index contributed by atoms with van der Waals surface area (Å²) in [4.78, 5) is 51.1. The van der Waals surface area contributed by atoms with Crippen molar-refractivity contribution in [2.45, 2.75) is 237 Å². The van der Waals surface area contributed by atoms with Crippen LogP contribution >= 0.6 is 0 Å². The number of rotatable bonds is 47. The number of carboxylic acids is 1. The molecule has 1 aliphatic rings. The van der Waals surface area contributed by atoms with Gasteiger partial charge in [0, 0.05) is 19.3 Å². The molecule has 12 nitrogen and oxygen atoms in total. The van der Waals surface area contributed by atoms with Gasteiger partial charge in [0.05, 0.1) is 6.61 Å². The Kier molecular flexibility index (Phi) is 46.8. The topological polar surface area (TPSA) is 175 Å². The van der Waals surface area contributed by atoms with E-state index >= 15 is 0 Å². The van der Waals surface area contributed by atoms with Gasteiger partial charge in [-0.2, -0.15) is 0 Å². The predicted molar refractivity (Wildman–Crippen MR) is 312 cm³/mol. The highest BCUT2D eigenvalue weighted by molar-refractivity contribution is 5.74. The Labute approximate surface area is 464 Å². The summed E-state index contributed by atoms with van der Waals surface area (Å²) in [5, 5.41) is 31.5. The average molecular weight is 1070 g/mol. The van der Waals surface area contributed by atoms with Gasteiger partial charge in [0.2, 0.25) is 0 Å². The molecule has 0 aromatic carbocycles. The van der Waals surface area contributed by atoms with Gasteiger partial charge in [-0.15, -0.1) is 0 Å². The molecule has 1 aliphatic heterocycles. The molecule has 0 aromatic heterocycles. The molecule has 0 bridgehead atoms. The van der Waals surface area contributed by atoms with E-state index in [0.717, 1.165) is 135 Å². The largest absolute Gasteiger partial charge is 0.479 e. The fourth-order valence-electron chi connectivity index (χ4n) is 7.80. The predicted octanol–water partition coefficient (Wildman–Crippen LogP) is 15.0. The third-order valence-electron chi connectivity index (χ3n) is 12.2. The van der Waals surface area contributed by atoms with Crippen LogP contribution in [-0.4, -0.2) is 89.2 Å². The second-order valence-corrected chi connectivity index (χ2v) is 19.2. The van der Waals surface area contributed by atoms with Crippen molar-refractivity contribution in [3.8, 4) is 0 Å². The Bertz CT molecular complexity index is 1850. The summed E-state index contributed by atoms with van der Waals surface area (Å²) in [7, 11) is 0. The second kappa shape index (κ2) is 51.6. The lowest BCUT2D eigenvalue weighted by atomic mass is 9.98. The number of hydrogen-bond acceptors (Lipinski definition) is 11. The van der Waals surface area contributed by atoms with Crippen molar-refractivity contribution < 1.29 is 58.2 Å². The first kappa shape index (κ1) is 69.9. The van der Waals surface area contributed by atoms with Crippen molar-refractivity contribution in [2.75, 3.05) is 13.2 Å². The van der Waals surface area contributed by atoms with Gasteiger partial charge in [-0.3, -0.25) is 14.4 Å². The first-order valence-corrected chi connectivity index (χ1v) is 29.2. The molecule has 0 amide bonds. The minimum Gasteiger partial charge on any atom is -0.479 e. The molecule has 6 atom stereocenters. The zero-order chi connectivity index (χ0) is 56.1. The van der Waals surface area contributed by atoms with E-state index in [0.29, 0.717) is 25.7 Å². The van der Waals surface area contributed by atoms with Gasteiger partial charge in [0.1, 0.15) is 18.8 Å². The molecule has 1 saturated heterocycles. The number of allylic oxidation sites excluding steroid dienone is 22. The Morgan fingerprint density at radius 1 is 0.442 bits per heavy atom. The molecule has 6 unspecified atom stereocenters. The molecular formula is C65H100O12. The van der Waals surface area contributed by atoms with Gasteiger partial charge in [-0.1, -0.05) is 199 Å². The average Bonchev–Trinajstić information content (AvgIpc) is 3.42. The maximum Gasteiger partial charge on any atom is 0.335 e. The Balaban J connectivity index is 2.76. The van der Waals surface area contributed by atoms with Crippen LogP contribution in [0.3, 0.4) is 0 Å². The van der Waals surface area contributed by atoms with Crippen LogP contribution in [0.5, 0.6) is 0 Å². The fourth-order valence-corrected chi connectivity index (χ4v) is 7.80. The maximum absolute atomic E-state index is 13.1. The van der Waals surface area contributed by atoms with Gasteiger partial charge in [-0.05, 0) is 116 Å². The summed E-state index contributed by atoms with van der Waals surface area (Å²) in [5.74, 6) is -3.29. The number of aliphatic hydroxyl groups excluding tert-OH is 2. The molecule has 432 valence electrons. The quantitative estimate of drug-likeness (QED) is 0.0228. The highest BCUT2D eigenvalue weighted by Crippen LogP contribution is 2.26. The van der Waals surface area contributed by atoms with Crippen LogP contribution in [0, 0.1) is 0 Å². The Morgan fingerprint density at radius 3 is 1.30 bits per heavy atom. The smallest absolute Gasteiger partial charge is 0.335 e. The number of carbonyl (C=O) groups is 4. The zero-order valence-electron chi connectivity index (χ0n) is 47.4. The van der Waals surface area contributed by atoms with E-state index in [4.69, 9.17) is 23.7 Å². The van der Waals surface area contributed by atoms with Crippen LogP contribution in [0.2, 0.25) is 0 Å². The minimum atomic E-state index is -1.94. The van der Waals surface area contributed by atoms with E-state index in [1.165, 1.54) is 0 Å². The van der Waals surface area contributed by atoms with Crippen molar-refractivity contribution in [1.82, 2.24) is 0 Å². The molecule has 1 fully saturated rings. The van der Waals surface area contributed by atoms with Gasteiger partial charge in [0.15, 0.2) is 24.6 Å². The summed E-state index contributed by atoms with van der Waals surface area (Å²) in [5.41, 5.74) is 0. The lowest BCUT2D eigenvalue weighted by Gasteiger charge is -2.40. The zero-order valence-corrected chi connectivity index (χ0v) is 47.4. The fraction of sp³-hybridized carbons (Fsp3) is 0.600. The molecule has 77 heavy (non-hydrogen) atoms. The van der Waals surface area contributed by atoms with E-state index in [2.05, 4.69) is 136 Å². The van der Waals surface area contributed by atoms with Crippen LogP contribution < -0.4 is 0 Å². The number of ether oxygens (including phenoxy) is 5. The third kappa shape index (κ3) is 41.6. The van der Waals surface area contributed by atoms with Gasteiger partial charge in [-0.25, -0.2) is 4.79 Å². The Hall–Kier alpha value is -5.14. The number of aliphatic hydroxyl groups is 2. The normalized spacial score (nSPS) is 19.0. The molecule has 0 radical (unpaired) electrons. The number of carbonyl (C=O) groups excluding carboxylic acids is 3. The molecular weight excluding hydrogens is 973 g/mol. The SMILES string of the molecule is CC/C=C\C/C=C\C/C=C\C/C=C\C/C=C\C/C=C\CCC(=O)OC1C(OCC(COC(=O)CCCCCCC/C=C\C/C=C\C/C=C\CC)OC(=O)CCCCCCC/C=C\C/C=C\CCC)OC(C(=O)O)C(O)C1O. The lowest BCUT2D eigenvalue weighted by Crippen LogP contribution is -2.61. The van der Waals surface area contributed by atoms with Gasteiger partial charge >= 0.3 is 23.9 Å². The van der Waals surface area contributed by atoms with Crippen molar-refractivity contribution in [3.63, 3.8) is 0 Å². The number of aliphatic carboxylic acids is 1. The van der Waals surface area contributed by atoms with Crippen LogP contribution in [-0.2, 0) is 42.9 Å². The molecule has 1 heterocycles. The van der Waals surface area contributed by atoms with Crippen molar-refractivity contribution in [2.24, 2.45) is 0 Å². The maximum atomic E-state index is 13.1. The van der Waals surface area contributed by atoms with E-state index in [1.54, 1.807) is 0 Å². The van der Waals surface area contributed by atoms with Crippen LogP contribution in [0.15, 0.2) is 134 Å². The van der Waals surface area contributed by atoms with Crippen molar-refractivity contribution in [1.29, 1.82) is 0 Å². The van der Waals surface area contributed by atoms with Crippen LogP contribution in [0.1, 0.15) is 201 Å². The summed E-state index contributed by atoms with van der Waals surface area (Å²) in [6, 6.07) is 0. The number of hydrogen-bond donors (Lipinski definition) is 3.